The lowest BCUT2D eigenvalue weighted by molar-refractivity contribution is -0.0521. The molecule has 3 nitrogen and oxygen atoms in total. The van der Waals surface area contributed by atoms with Crippen molar-refractivity contribution in [1.29, 1.82) is 0 Å². The highest BCUT2D eigenvalue weighted by Gasteiger charge is 2.21. The van der Waals surface area contributed by atoms with E-state index in [2.05, 4.69) is 28.8 Å². The summed E-state index contributed by atoms with van der Waals surface area (Å²) in [6, 6.07) is 4.81. The normalized spacial score (nSPS) is 17.5. The molecule has 0 radical (unpaired) electrons. The van der Waals surface area contributed by atoms with Gasteiger partial charge in [-0.2, -0.15) is 8.78 Å². The van der Waals surface area contributed by atoms with Crippen LogP contribution in [0.2, 0.25) is 0 Å². The van der Waals surface area contributed by atoms with Crippen molar-refractivity contribution in [3.8, 4) is 5.75 Å². The molecule has 0 aliphatic carbocycles. The van der Waals surface area contributed by atoms with Gasteiger partial charge in [-0.05, 0) is 38.8 Å². The molecule has 1 aliphatic heterocycles. The van der Waals surface area contributed by atoms with E-state index in [1.165, 1.54) is 12.1 Å². The molecule has 0 saturated carbocycles. The lowest BCUT2D eigenvalue weighted by Gasteiger charge is -2.35. The Bertz CT molecular complexity index is 460. The molecule has 0 unspecified atom stereocenters. The average molecular weight is 302 g/mol. The molecule has 0 spiro atoms. The van der Waals surface area contributed by atoms with Crippen molar-refractivity contribution in [2.45, 2.75) is 45.4 Å². The number of ether oxygens (including phenoxy) is 1. The fourth-order valence-corrected chi connectivity index (χ4v) is 2.58. The predicted octanol–water partition coefficient (Wildman–Crippen LogP) is 3.71. The second-order valence-electron chi connectivity index (χ2n) is 5.57. The van der Waals surface area contributed by atoms with Crippen LogP contribution in [0.3, 0.4) is 0 Å². The van der Waals surface area contributed by atoms with Gasteiger partial charge in [-0.3, -0.25) is 0 Å². The van der Waals surface area contributed by atoms with Gasteiger partial charge >= 0.3 is 6.61 Å². The van der Waals surface area contributed by atoms with Crippen LogP contribution < -0.4 is 10.1 Å². The summed E-state index contributed by atoms with van der Waals surface area (Å²) < 4.78 is 41.8. The number of piperidine rings is 1. The number of likely N-dealkylation sites (tertiary alicyclic amines) is 1. The molecule has 1 heterocycles. The highest BCUT2D eigenvalue weighted by atomic mass is 19.3. The van der Waals surface area contributed by atoms with Gasteiger partial charge in [0.1, 0.15) is 0 Å². The third-order valence-corrected chi connectivity index (χ3v) is 3.78. The molecule has 0 atom stereocenters. The van der Waals surface area contributed by atoms with Gasteiger partial charge in [0.25, 0.3) is 0 Å². The molecular weight excluding hydrogens is 281 g/mol. The van der Waals surface area contributed by atoms with E-state index in [0.717, 1.165) is 25.9 Å². The first-order chi connectivity index (χ1) is 9.95. The van der Waals surface area contributed by atoms with Gasteiger partial charge in [-0.1, -0.05) is 0 Å². The molecule has 1 N–H and O–H groups in total. The summed E-state index contributed by atoms with van der Waals surface area (Å²) >= 11 is 0. The molecule has 1 aliphatic rings. The van der Waals surface area contributed by atoms with E-state index in [0.29, 0.717) is 11.7 Å². The van der Waals surface area contributed by atoms with Crippen LogP contribution in [0, 0.1) is 5.82 Å². The molecule has 1 fully saturated rings. The Hall–Kier alpha value is -1.43. The number of rotatable bonds is 5. The largest absolute Gasteiger partial charge is 0.432 e. The molecule has 6 heteroatoms. The van der Waals surface area contributed by atoms with Crippen LogP contribution in [0.15, 0.2) is 18.2 Å². The lowest BCUT2D eigenvalue weighted by Crippen LogP contribution is -2.42. The first kappa shape index (κ1) is 15.9. The van der Waals surface area contributed by atoms with Gasteiger partial charge in [-0.15, -0.1) is 0 Å². The summed E-state index contributed by atoms with van der Waals surface area (Å²) in [5.74, 6) is -1.20. The third kappa shape index (κ3) is 4.52. The van der Waals surface area contributed by atoms with Crippen LogP contribution in [-0.2, 0) is 0 Å². The lowest BCUT2D eigenvalue weighted by atomic mass is 10.0. The Morgan fingerprint density at radius 3 is 2.43 bits per heavy atom. The topological polar surface area (TPSA) is 24.5 Å². The SMILES string of the molecule is CC(C)N1CCC(Nc2ccc(OC(F)F)c(F)c2)CC1. The fourth-order valence-electron chi connectivity index (χ4n) is 2.58. The summed E-state index contributed by atoms with van der Waals surface area (Å²) in [6.45, 7) is 3.34. The molecule has 1 saturated heterocycles. The monoisotopic (exact) mass is 302 g/mol. The van der Waals surface area contributed by atoms with E-state index >= 15 is 0 Å². The van der Waals surface area contributed by atoms with Crippen LogP contribution in [0.25, 0.3) is 0 Å². The molecule has 21 heavy (non-hydrogen) atoms. The van der Waals surface area contributed by atoms with E-state index in [1.807, 2.05) is 0 Å². The number of benzene rings is 1. The zero-order valence-electron chi connectivity index (χ0n) is 12.3. The quantitative estimate of drug-likeness (QED) is 0.897. The molecule has 1 aromatic carbocycles. The van der Waals surface area contributed by atoms with E-state index in [4.69, 9.17) is 0 Å². The molecule has 2 rings (SSSR count). The van der Waals surface area contributed by atoms with Crippen molar-refractivity contribution in [3.05, 3.63) is 24.0 Å². The number of hydrogen-bond donors (Lipinski definition) is 1. The van der Waals surface area contributed by atoms with Crippen molar-refractivity contribution < 1.29 is 17.9 Å². The number of nitrogens with zero attached hydrogens (tertiary/aromatic N) is 1. The van der Waals surface area contributed by atoms with Gasteiger partial charge in [0.05, 0.1) is 0 Å². The molecule has 0 amide bonds. The van der Waals surface area contributed by atoms with E-state index in [9.17, 15) is 13.2 Å². The zero-order chi connectivity index (χ0) is 15.4. The number of hydrogen-bond acceptors (Lipinski definition) is 3. The van der Waals surface area contributed by atoms with Gasteiger partial charge < -0.3 is 15.0 Å². The second kappa shape index (κ2) is 7.02. The molecule has 0 aromatic heterocycles. The minimum Gasteiger partial charge on any atom is -0.432 e. The Kier molecular flexibility index (Phi) is 5.33. The van der Waals surface area contributed by atoms with Gasteiger partial charge in [0, 0.05) is 36.9 Å². The van der Waals surface area contributed by atoms with Crippen LogP contribution in [0.1, 0.15) is 26.7 Å². The van der Waals surface area contributed by atoms with E-state index < -0.39 is 18.2 Å². The summed E-state index contributed by atoms with van der Waals surface area (Å²) in [7, 11) is 0. The Morgan fingerprint density at radius 2 is 1.90 bits per heavy atom. The molecule has 118 valence electrons. The van der Waals surface area contributed by atoms with Crippen molar-refractivity contribution in [1.82, 2.24) is 4.90 Å². The number of anilines is 1. The molecular formula is C15H21F3N2O. The number of nitrogens with one attached hydrogen (secondary N) is 1. The highest BCUT2D eigenvalue weighted by Crippen LogP contribution is 2.24. The van der Waals surface area contributed by atoms with Gasteiger partial charge in [0.2, 0.25) is 0 Å². The minimum atomic E-state index is -3.02. The average Bonchev–Trinajstić information content (AvgIpc) is 2.42. The maximum atomic E-state index is 13.6. The first-order valence-electron chi connectivity index (χ1n) is 7.20. The third-order valence-electron chi connectivity index (χ3n) is 3.78. The summed E-state index contributed by atoms with van der Waals surface area (Å²) in [5.41, 5.74) is 0.595. The van der Waals surface area contributed by atoms with Crippen molar-refractivity contribution in [2.75, 3.05) is 18.4 Å². The second-order valence-corrected chi connectivity index (χ2v) is 5.57. The molecule has 1 aromatic rings. The zero-order valence-corrected chi connectivity index (χ0v) is 12.3. The maximum Gasteiger partial charge on any atom is 0.387 e. The van der Waals surface area contributed by atoms with Crippen LogP contribution in [-0.4, -0.2) is 36.7 Å². The van der Waals surface area contributed by atoms with Crippen molar-refractivity contribution in [3.63, 3.8) is 0 Å². The standard InChI is InChI=1S/C15H21F3N2O/c1-10(2)20-7-5-11(6-8-20)19-12-3-4-14(13(16)9-12)21-15(17)18/h3-4,9-11,15,19H,5-8H2,1-2H3. The van der Waals surface area contributed by atoms with Crippen molar-refractivity contribution >= 4 is 5.69 Å². The maximum absolute atomic E-state index is 13.6. The van der Waals surface area contributed by atoms with E-state index in [-0.39, 0.29) is 6.04 Å². The van der Waals surface area contributed by atoms with Crippen molar-refractivity contribution in [2.24, 2.45) is 0 Å². The Labute approximate surface area is 123 Å². The Balaban J connectivity index is 1.91. The predicted molar refractivity (Wildman–Crippen MR) is 76.4 cm³/mol. The summed E-state index contributed by atoms with van der Waals surface area (Å²) in [5, 5.41) is 3.25. The van der Waals surface area contributed by atoms with Gasteiger partial charge in [0.15, 0.2) is 11.6 Å². The highest BCUT2D eigenvalue weighted by molar-refractivity contribution is 5.48. The number of halogens is 3. The van der Waals surface area contributed by atoms with Crippen LogP contribution >= 0.6 is 0 Å². The summed E-state index contributed by atoms with van der Waals surface area (Å²) in [4.78, 5) is 2.40. The molecule has 0 bridgehead atoms. The van der Waals surface area contributed by atoms with Crippen LogP contribution in [0.5, 0.6) is 5.75 Å². The van der Waals surface area contributed by atoms with E-state index in [1.54, 1.807) is 6.07 Å². The minimum absolute atomic E-state index is 0.279. The van der Waals surface area contributed by atoms with Crippen LogP contribution in [0.4, 0.5) is 18.9 Å². The van der Waals surface area contributed by atoms with Gasteiger partial charge in [-0.25, -0.2) is 4.39 Å². The fraction of sp³-hybridized carbons (Fsp3) is 0.600. The smallest absolute Gasteiger partial charge is 0.387 e. The Morgan fingerprint density at radius 1 is 1.24 bits per heavy atom. The summed E-state index contributed by atoms with van der Waals surface area (Å²) in [6.07, 6.45) is 1.96. The first-order valence-corrected chi connectivity index (χ1v) is 7.20. The number of alkyl halides is 2.